The maximum atomic E-state index is 12.0. The highest BCUT2D eigenvalue weighted by Gasteiger charge is 2.12. The van der Waals surface area contributed by atoms with Gasteiger partial charge in [-0.2, -0.15) is 0 Å². The van der Waals surface area contributed by atoms with E-state index in [1.807, 2.05) is 0 Å². The summed E-state index contributed by atoms with van der Waals surface area (Å²) in [5, 5.41) is 30.2. The minimum absolute atomic E-state index is 0.0707. The number of amides is 1. The van der Waals surface area contributed by atoms with Crippen LogP contribution < -0.4 is 5.32 Å². The number of hydrogen-bond donors (Lipinski definition) is 4. The molecule has 0 spiro atoms. The van der Waals surface area contributed by atoms with E-state index in [1.165, 1.54) is 18.2 Å². The second kappa shape index (κ2) is 5.96. The van der Waals surface area contributed by atoms with Crippen LogP contribution in [0.4, 0.5) is 5.69 Å². The molecule has 0 aliphatic carbocycles. The van der Waals surface area contributed by atoms with Gasteiger partial charge in [0, 0.05) is 5.69 Å². The van der Waals surface area contributed by atoms with Crippen LogP contribution in [0.15, 0.2) is 42.5 Å². The van der Waals surface area contributed by atoms with Gasteiger partial charge >= 0.3 is 5.97 Å². The van der Waals surface area contributed by atoms with Gasteiger partial charge in [-0.05, 0) is 35.9 Å². The number of phenolic OH excluding ortho intramolecular Hbond substituents is 2. The molecule has 2 aromatic carbocycles. The maximum Gasteiger partial charge on any atom is 0.307 e. The molecular formula is C15H13NO5. The fourth-order valence-corrected chi connectivity index (χ4v) is 1.84. The lowest BCUT2D eigenvalue weighted by Crippen LogP contribution is -2.12. The number of carbonyl (C=O) groups excluding carboxylic acids is 1. The van der Waals surface area contributed by atoms with Crippen molar-refractivity contribution < 1.29 is 24.9 Å². The number of rotatable bonds is 4. The van der Waals surface area contributed by atoms with Gasteiger partial charge in [0.2, 0.25) is 0 Å². The normalized spacial score (nSPS) is 10.1. The summed E-state index contributed by atoms with van der Waals surface area (Å²) >= 11 is 0. The molecule has 21 heavy (non-hydrogen) atoms. The number of benzene rings is 2. The molecule has 0 unspecified atom stereocenters. The number of anilines is 1. The van der Waals surface area contributed by atoms with Gasteiger partial charge in [-0.1, -0.05) is 12.1 Å². The average molecular weight is 287 g/mol. The molecule has 1 amide bonds. The topological polar surface area (TPSA) is 107 Å². The number of hydrogen-bond acceptors (Lipinski definition) is 4. The Hall–Kier alpha value is -3.02. The van der Waals surface area contributed by atoms with Crippen molar-refractivity contribution in [3.8, 4) is 11.5 Å². The molecule has 0 radical (unpaired) electrons. The van der Waals surface area contributed by atoms with Gasteiger partial charge in [-0.25, -0.2) is 0 Å². The molecule has 2 aromatic rings. The lowest BCUT2D eigenvalue weighted by Gasteiger charge is -2.08. The van der Waals surface area contributed by atoms with Crippen LogP contribution in [0.3, 0.4) is 0 Å². The van der Waals surface area contributed by atoms with Crippen LogP contribution in [0, 0.1) is 0 Å². The molecule has 0 saturated carbocycles. The van der Waals surface area contributed by atoms with Crippen LogP contribution in [0.25, 0.3) is 0 Å². The summed E-state index contributed by atoms with van der Waals surface area (Å²) in [5.74, 6) is -1.97. The Balaban J connectivity index is 2.19. The third kappa shape index (κ3) is 3.73. The molecule has 6 nitrogen and oxygen atoms in total. The largest absolute Gasteiger partial charge is 0.508 e. The van der Waals surface area contributed by atoms with Crippen molar-refractivity contribution in [2.45, 2.75) is 6.42 Å². The SMILES string of the molecule is O=C(O)Cc1cccc(NC(=O)c2cc(O)ccc2O)c1. The second-order valence-electron chi connectivity index (χ2n) is 4.43. The van der Waals surface area contributed by atoms with Gasteiger partial charge < -0.3 is 20.6 Å². The molecule has 2 rings (SSSR count). The van der Waals surface area contributed by atoms with Crippen molar-refractivity contribution in [2.24, 2.45) is 0 Å². The molecule has 0 aliphatic rings. The highest BCUT2D eigenvalue weighted by molar-refractivity contribution is 6.06. The molecule has 4 N–H and O–H groups in total. The van der Waals surface area contributed by atoms with Crippen LogP contribution >= 0.6 is 0 Å². The molecule has 108 valence electrons. The van der Waals surface area contributed by atoms with E-state index in [-0.39, 0.29) is 23.5 Å². The molecule has 0 bridgehead atoms. The van der Waals surface area contributed by atoms with E-state index in [0.29, 0.717) is 11.3 Å². The van der Waals surface area contributed by atoms with E-state index in [9.17, 15) is 19.8 Å². The summed E-state index contributed by atoms with van der Waals surface area (Å²) < 4.78 is 0. The monoisotopic (exact) mass is 287 g/mol. The molecule has 0 saturated heterocycles. The summed E-state index contributed by atoms with van der Waals surface area (Å²) in [6.45, 7) is 0. The predicted molar refractivity (Wildman–Crippen MR) is 75.5 cm³/mol. The molecule has 0 atom stereocenters. The average Bonchev–Trinajstić information content (AvgIpc) is 2.41. The molecule has 0 fully saturated rings. The predicted octanol–water partition coefficient (Wildman–Crippen LogP) is 1.98. The number of aliphatic carboxylic acids is 1. The van der Waals surface area contributed by atoms with E-state index in [1.54, 1.807) is 18.2 Å². The lowest BCUT2D eigenvalue weighted by atomic mass is 10.1. The Kier molecular flexibility index (Phi) is 4.08. The van der Waals surface area contributed by atoms with Crippen LogP contribution in [0.5, 0.6) is 11.5 Å². The van der Waals surface area contributed by atoms with E-state index in [4.69, 9.17) is 5.11 Å². The Morgan fingerprint density at radius 3 is 2.52 bits per heavy atom. The Morgan fingerprint density at radius 1 is 1.05 bits per heavy atom. The van der Waals surface area contributed by atoms with Crippen molar-refractivity contribution in [1.82, 2.24) is 0 Å². The van der Waals surface area contributed by atoms with Crippen molar-refractivity contribution in [1.29, 1.82) is 0 Å². The smallest absolute Gasteiger partial charge is 0.307 e. The molecule has 6 heteroatoms. The van der Waals surface area contributed by atoms with Crippen molar-refractivity contribution in [2.75, 3.05) is 5.32 Å². The number of phenols is 2. The highest BCUT2D eigenvalue weighted by atomic mass is 16.4. The molecular weight excluding hydrogens is 274 g/mol. The van der Waals surface area contributed by atoms with Crippen LogP contribution in [0.1, 0.15) is 15.9 Å². The third-order valence-corrected chi connectivity index (χ3v) is 2.76. The first kappa shape index (κ1) is 14.4. The summed E-state index contributed by atoms with van der Waals surface area (Å²) in [6.07, 6.45) is -0.152. The summed E-state index contributed by atoms with van der Waals surface area (Å²) in [5.41, 5.74) is 0.876. The highest BCUT2D eigenvalue weighted by Crippen LogP contribution is 2.23. The number of aromatic hydroxyl groups is 2. The van der Waals surface area contributed by atoms with E-state index < -0.39 is 11.9 Å². The van der Waals surface area contributed by atoms with Crippen LogP contribution in [-0.2, 0) is 11.2 Å². The Morgan fingerprint density at radius 2 is 1.81 bits per heavy atom. The fourth-order valence-electron chi connectivity index (χ4n) is 1.84. The zero-order chi connectivity index (χ0) is 15.4. The van der Waals surface area contributed by atoms with Gasteiger partial charge in [0.1, 0.15) is 11.5 Å². The van der Waals surface area contributed by atoms with Crippen molar-refractivity contribution in [3.05, 3.63) is 53.6 Å². The van der Waals surface area contributed by atoms with Gasteiger partial charge in [0.25, 0.3) is 5.91 Å². The minimum Gasteiger partial charge on any atom is -0.508 e. The number of carboxylic acids is 1. The molecule has 0 aliphatic heterocycles. The number of nitrogens with one attached hydrogen (secondary N) is 1. The first-order valence-corrected chi connectivity index (χ1v) is 6.10. The zero-order valence-electron chi connectivity index (χ0n) is 10.9. The van der Waals surface area contributed by atoms with Crippen LogP contribution in [-0.4, -0.2) is 27.2 Å². The first-order chi connectivity index (χ1) is 9.95. The summed E-state index contributed by atoms with van der Waals surface area (Å²) in [4.78, 5) is 22.7. The van der Waals surface area contributed by atoms with Gasteiger partial charge in [0.05, 0.1) is 12.0 Å². The zero-order valence-corrected chi connectivity index (χ0v) is 10.9. The number of carbonyl (C=O) groups is 2. The Bertz CT molecular complexity index is 696. The van der Waals surface area contributed by atoms with Crippen molar-refractivity contribution in [3.63, 3.8) is 0 Å². The van der Waals surface area contributed by atoms with Crippen LogP contribution in [0.2, 0.25) is 0 Å². The quantitative estimate of drug-likeness (QED) is 0.643. The number of carboxylic acid groups (broad SMARTS) is 1. The second-order valence-corrected chi connectivity index (χ2v) is 4.43. The van der Waals surface area contributed by atoms with Crippen molar-refractivity contribution >= 4 is 17.6 Å². The fraction of sp³-hybridized carbons (Fsp3) is 0.0667. The van der Waals surface area contributed by atoms with Gasteiger partial charge in [-0.3, -0.25) is 9.59 Å². The van der Waals surface area contributed by atoms with Gasteiger partial charge in [0.15, 0.2) is 0 Å². The molecule has 0 aromatic heterocycles. The third-order valence-electron chi connectivity index (χ3n) is 2.76. The van der Waals surface area contributed by atoms with E-state index in [0.717, 1.165) is 6.07 Å². The standard InChI is InChI=1S/C15H13NO5/c17-11-4-5-13(18)12(8-11)15(21)16-10-3-1-2-9(6-10)7-14(19)20/h1-6,8,17-18H,7H2,(H,16,21)(H,19,20). The minimum atomic E-state index is -0.968. The lowest BCUT2D eigenvalue weighted by molar-refractivity contribution is -0.136. The maximum absolute atomic E-state index is 12.0. The first-order valence-electron chi connectivity index (χ1n) is 6.10. The van der Waals surface area contributed by atoms with Gasteiger partial charge in [-0.15, -0.1) is 0 Å². The van der Waals surface area contributed by atoms with E-state index >= 15 is 0 Å². The summed E-state index contributed by atoms with van der Waals surface area (Å²) in [6, 6.07) is 10.0. The summed E-state index contributed by atoms with van der Waals surface area (Å²) in [7, 11) is 0. The molecule has 0 heterocycles. The van der Waals surface area contributed by atoms with E-state index in [2.05, 4.69) is 5.32 Å². The Labute approximate surface area is 120 Å².